The van der Waals surface area contributed by atoms with Crippen molar-refractivity contribution in [2.75, 3.05) is 0 Å². The van der Waals surface area contributed by atoms with E-state index in [2.05, 4.69) is 10.1 Å². The fourth-order valence-corrected chi connectivity index (χ4v) is 1.17. The summed E-state index contributed by atoms with van der Waals surface area (Å²) in [6, 6.07) is 0.208. The number of rotatable bonds is 4. The van der Waals surface area contributed by atoms with E-state index in [1.54, 1.807) is 11.0 Å². The van der Waals surface area contributed by atoms with Crippen LogP contribution >= 0.6 is 0 Å². The topological polar surface area (TPSA) is 50.9 Å². The summed E-state index contributed by atoms with van der Waals surface area (Å²) in [5.74, 6) is 0.297. The molecule has 2 atom stereocenters. The highest BCUT2D eigenvalue weighted by Crippen LogP contribution is 2.15. The minimum atomic E-state index is -0.265. The maximum atomic E-state index is 9.63. The number of hydrogen-bond donors (Lipinski definition) is 1. The van der Waals surface area contributed by atoms with Crippen molar-refractivity contribution in [2.45, 2.75) is 39.3 Å². The molecule has 1 N–H and O–H groups in total. The van der Waals surface area contributed by atoms with Crippen LogP contribution in [0.2, 0.25) is 0 Å². The zero-order chi connectivity index (χ0) is 9.84. The Morgan fingerprint density at radius 2 is 2.08 bits per heavy atom. The van der Waals surface area contributed by atoms with Gasteiger partial charge in [0.15, 0.2) is 0 Å². The second-order valence-electron chi connectivity index (χ2n) is 3.77. The summed E-state index contributed by atoms with van der Waals surface area (Å²) >= 11 is 0. The van der Waals surface area contributed by atoms with Gasteiger partial charge in [-0.05, 0) is 19.3 Å². The van der Waals surface area contributed by atoms with Gasteiger partial charge in [-0.1, -0.05) is 13.8 Å². The van der Waals surface area contributed by atoms with Gasteiger partial charge < -0.3 is 5.11 Å². The van der Waals surface area contributed by atoms with Gasteiger partial charge in [0.05, 0.1) is 12.1 Å². The first-order valence-corrected chi connectivity index (χ1v) is 4.63. The number of aliphatic hydroxyl groups excluding tert-OH is 1. The Morgan fingerprint density at radius 1 is 1.38 bits per heavy atom. The predicted octanol–water partition coefficient (Wildman–Crippen LogP) is 1.25. The molecule has 13 heavy (non-hydrogen) atoms. The van der Waals surface area contributed by atoms with E-state index in [4.69, 9.17) is 0 Å². The highest BCUT2D eigenvalue weighted by molar-refractivity contribution is 4.70. The molecule has 74 valence electrons. The van der Waals surface area contributed by atoms with Crippen molar-refractivity contribution in [3.8, 4) is 0 Å². The number of hydrogen-bond acceptors (Lipinski definition) is 3. The van der Waals surface area contributed by atoms with E-state index in [9.17, 15) is 5.11 Å². The van der Waals surface area contributed by atoms with Gasteiger partial charge >= 0.3 is 0 Å². The maximum Gasteiger partial charge on any atom is 0.137 e. The molecule has 4 nitrogen and oxygen atoms in total. The molecular weight excluding hydrogens is 166 g/mol. The van der Waals surface area contributed by atoms with Gasteiger partial charge in [-0.15, -0.1) is 0 Å². The second-order valence-corrected chi connectivity index (χ2v) is 3.77. The van der Waals surface area contributed by atoms with Crippen LogP contribution in [0, 0.1) is 5.92 Å². The fourth-order valence-electron chi connectivity index (χ4n) is 1.17. The van der Waals surface area contributed by atoms with Crippen molar-refractivity contribution < 1.29 is 5.11 Å². The Kier molecular flexibility index (Phi) is 3.42. The van der Waals surface area contributed by atoms with Crippen LogP contribution in [-0.2, 0) is 0 Å². The van der Waals surface area contributed by atoms with Crippen LogP contribution in [-0.4, -0.2) is 26.0 Å². The zero-order valence-electron chi connectivity index (χ0n) is 8.38. The molecule has 4 heteroatoms. The molecule has 0 aliphatic carbocycles. The van der Waals surface area contributed by atoms with Gasteiger partial charge in [0.2, 0.25) is 0 Å². The summed E-state index contributed by atoms with van der Waals surface area (Å²) in [6.07, 6.45) is 3.65. The van der Waals surface area contributed by atoms with E-state index in [1.165, 1.54) is 6.33 Å². The van der Waals surface area contributed by atoms with Crippen molar-refractivity contribution in [1.82, 2.24) is 14.8 Å². The standard InChI is InChI=1S/C9H17N3O/c1-7(2)9(13)4-8(3)12-6-10-5-11-12/h5-9,13H,4H2,1-3H3. The molecule has 0 fully saturated rings. The lowest BCUT2D eigenvalue weighted by atomic mass is 10.0. The monoisotopic (exact) mass is 183 g/mol. The normalized spacial score (nSPS) is 16.1. The Hall–Kier alpha value is -0.900. The first-order chi connectivity index (χ1) is 6.11. The Balaban J connectivity index is 2.46. The van der Waals surface area contributed by atoms with Crippen LogP contribution in [0.15, 0.2) is 12.7 Å². The summed E-state index contributed by atoms with van der Waals surface area (Å²) in [5, 5.41) is 13.7. The van der Waals surface area contributed by atoms with Crippen LogP contribution in [0.4, 0.5) is 0 Å². The lowest BCUT2D eigenvalue weighted by Gasteiger charge is -2.18. The Morgan fingerprint density at radius 3 is 2.54 bits per heavy atom. The Labute approximate surface area is 78.6 Å². The molecular formula is C9H17N3O. The first-order valence-electron chi connectivity index (χ1n) is 4.63. The molecule has 1 aromatic rings. The molecule has 0 spiro atoms. The molecule has 0 bridgehead atoms. The van der Waals surface area contributed by atoms with Crippen molar-refractivity contribution in [3.05, 3.63) is 12.7 Å². The molecule has 1 heterocycles. The van der Waals surface area contributed by atoms with Crippen molar-refractivity contribution in [3.63, 3.8) is 0 Å². The minimum Gasteiger partial charge on any atom is -0.393 e. The second kappa shape index (κ2) is 4.37. The van der Waals surface area contributed by atoms with E-state index >= 15 is 0 Å². The number of aromatic nitrogens is 3. The van der Waals surface area contributed by atoms with Crippen LogP contribution in [0.3, 0.4) is 0 Å². The molecule has 0 aromatic carbocycles. The molecule has 2 unspecified atom stereocenters. The third-order valence-electron chi connectivity index (χ3n) is 2.24. The highest BCUT2D eigenvalue weighted by Gasteiger charge is 2.14. The average molecular weight is 183 g/mol. The molecule has 0 radical (unpaired) electrons. The van der Waals surface area contributed by atoms with E-state index in [0.717, 1.165) is 6.42 Å². The van der Waals surface area contributed by atoms with Crippen molar-refractivity contribution in [1.29, 1.82) is 0 Å². The SMILES string of the molecule is CC(C)C(O)CC(C)n1cncn1. The lowest BCUT2D eigenvalue weighted by Crippen LogP contribution is -2.20. The van der Waals surface area contributed by atoms with Gasteiger partial charge in [-0.3, -0.25) is 4.68 Å². The summed E-state index contributed by atoms with van der Waals surface area (Å²) in [4.78, 5) is 3.87. The van der Waals surface area contributed by atoms with Gasteiger partial charge in [0, 0.05) is 0 Å². The largest absolute Gasteiger partial charge is 0.393 e. The zero-order valence-corrected chi connectivity index (χ0v) is 8.38. The summed E-state index contributed by atoms with van der Waals surface area (Å²) in [7, 11) is 0. The summed E-state index contributed by atoms with van der Waals surface area (Å²) in [5.41, 5.74) is 0. The van der Waals surface area contributed by atoms with Crippen molar-refractivity contribution in [2.24, 2.45) is 5.92 Å². The molecule has 0 amide bonds. The summed E-state index contributed by atoms with van der Waals surface area (Å²) < 4.78 is 1.77. The lowest BCUT2D eigenvalue weighted by molar-refractivity contribution is 0.0994. The molecule has 0 aliphatic rings. The molecule has 0 aliphatic heterocycles. The van der Waals surface area contributed by atoms with Crippen LogP contribution in [0.1, 0.15) is 33.2 Å². The van der Waals surface area contributed by atoms with Crippen molar-refractivity contribution >= 4 is 0 Å². The fraction of sp³-hybridized carbons (Fsp3) is 0.778. The van der Waals surface area contributed by atoms with E-state index in [-0.39, 0.29) is 12.1 Å². The van der Waals surface area contributed by atoms with Crippen LogP contribution in [0.5, 0.6) is 0 Å². The van der Waals surface area contributed by atoms with E-state index in [0.29, 0.717) is 5.92 Å². The quantitative estimate of drug-likeness (QED) is 0.764. The van der Waals surface area contributed by atoms with Gasteiger partial charge in [0.1, 0.15) is 12.7 Å². The predicted molar refractivity (Wildman–Crippen MR) is 50.2 cm³/mol. The maximum absolute atomic E-state index is 9.63. The molecule has 1 aromatic heterocycles. The number of aliphatic hydroxyl groups is 1. The molecule has 0 saturated heterocycles. The smallest absolute Gasteiger partial charge is 0.137 e. The van der Waals surface area contributed by atoms with Gasteiger partial charge in [0.25, 0.3) is 0 Å². The van der Waals surface area contributed by atoms with Crippen LogP contribution in [0.25, 0.3) is 0 Å². The molecule has 0 saturated carbocycles. The highest BCUT2D eigenvalue weighted by atomic mass is 16.3. The van der Waals surface area contributed by atoms with Crippen LogP contribution < -0.4 is 0 Å². The summed E-state index contributed by atoms with van der Waals surface area (Å²) in [6.45, 7) is 6.05. The number of nitrogens with zero attached hydrogens (tertiary/aromatic N) is 3. The van der Waals surface area contributed by atoms with E-state index < -0.39 is 0 Å². The third kappa shape index (κ3) is 2.81. The third-order valence-corrected chi connectivity index (χ3v) is 2.24. The Bertz CT molecular complexity index is 233. The van der Waals surface area contributed by atoms with Gasteiger partial charge in [-0.25, -0.2) is 4.98 Å². The van der Waals surface area contributed by atoms with Gasteiger partial charge in [-0.2, -0.15) is 5.10 Å². The first kappa shape index (κ1) is 10.2. The molecule has 1 rings (SSSR count). The average Bonchev–Trinajstić information content (AvgIpc) is 2.55. The minimum absolute atomic E-state index is 0.208. The van der Waals surface area contributed by atoms with E-state index in [1.807, 2.05) is 20.8 Å².